The Morgan fingerprint density at radius 3 is 2.76 bits per heavy atom. The molecule has 0 amide bonds. The number of piperazine rings is 1. The number of likely N-dealkylation sites (N-methyl/N-ethyl adjacent to an activating group) is 1. The van der Waals surface area contributed by atoms with Crippen molar-refractivity contribution in [3.8, 4) is 0 Å². The predicted molar refractivity (Wildman–Crippen MR) is 71.3 cm³/mol. The molecule has 1 aromatic rings. The fourth-order valence-corrected chi connectivity index (χ4v) is 2.13. The van der Waals surface area contributed by atoms with Crippen LogP contribution in [0, 0.1) is 0 Å². The van der Waals surface area contributed by atoms with Crippen LogP contribution in [0.4, 0.5) is 5.82 Å². The first-order valence-electron chi connectivity index (χ1n) is 6.39. The van der Waals surface area contributed by atoms with Gasteiger partial charge in [-0.05, 0) is 19.7 Å². The van der Waals surface area contributed by atoms with Crippen molar-refractivity contribution in [1.82, 2.24) is 15.2 Å². The SMILES string of the molecule is CCNCc1cccnc1N1CCN(C)CC1. The van der Waals surface area contributed by atoms with Gasteiger partial charge in [0.15, 0.2) is 0 Å². The average molecular weight is 234 g/mol. The number of pyridine rings is 1. The lowest BCUT2D eigenvalue weighted by atomic mass is 10.2. The Morgan fingerprint density at radius 1 is 1.29 bits per heavy atom. The summed E-state index contributed by atoms with van der Waals surface area (Å²) in [6.45, 7) is 8.43. The Morgan fingerprint density at radius 2 is 2.06 bits per heavy atom. The van der Waals surface area contributed by atoms with Crippen LogP contribution in [0.3, 0.4) is 0 Å². The topological polar surface area (TPSA) is 31.4 Å². The molecule has 1 aromatic heterocycles. The first kappa shape index (κ1) is 12.3. The van der Waals surface area contributed by atoms with Crippen LogP contribution < -0.4 is 10.2 Å². The van der Waals surface area contributed by atoms with Crippen LogP contribution in [0.15, 0.2) is 18.3 Å². The summed E-state index contributed by atoms with van der Waals surface area (Å²) in [5.41, 5.74) is 1.30. The minimum Gasteiger partial charge on any atom is -0.354 e. The number of hydrogen-bond acceptors (Lipinski definition) is 4. The molecule has 1 saturated heterocycles. The van der Waals surface area contributed by atoms with E-state index in [1.807, 2.05) is 12.3 Å². The third-order valence-electron chi connectivity index (χ3n) is 3.24. The first-order chi connectivity index (χ1) is 8.31. The van der Waals surface area contributed by atoms with Crippen molar-refractivity contribution >= 4 is 5.82 Å². The summed E-state index contributed by atoms with van der Waals surface area (Å²) in [6.07, 6.45) is 1.89. The molecule has 0 aliphatic carbocycles. The Balaban J connectivity index is 2.08. The van der Waals surface area contributed by atoms with Crippen molar-refractivity contribution in [2.45, 2.75) is 13.5 Å². The van der Waals surface area contributed by atoms with Gasteiger partial charge < -0.3 is 15.1 Å². The molecule has 0 aromatic carbocycles. The van der Waals surface area contributed by atoms with Crippen LogP contribution in [0.1, 0.15) is 12.5 Å². The lowest BCUT2D eigenvalue weighted by molar-refractivity contribution is 0.311. The standard InChI is InChI=1S/C13H22N4/c1-3-14-11-12-5-4-6-15-13(12)17-9-7-16(2)8-10-17/h4-6,14H,3,7-11H2,1-2H3. The number of anilines is 1. The van der Waals surface area contributed by atoms with Crippen molar-refractivity contribution in [2.24, 2.45) is 0 Å². The van der Waals surface area contributed by atoms with E-state index in [-0.39, 0.29) is 0 Å². The Labute approximate surface area is 104 Å². The third kappa shape index (κ3) is 3.17. The highest BCUT2D eigenvalue weighted by Crippen LogP contribution is 2.18. The van der Waals surface area contributed by atoms with Crippen LogP contribution in [0.5, 0.6) is 0 Å². The van der Waals surface area contributed by atoms with Gasteiger partial charge in [0.1, 0.15) is 5.82 Å². The van der Waals surface area contributed by atoms with Crippen LogP contribution in [0.25, 0.3) is 0 Å². The quantitative estimate of drug-likeness (QED) is 0.840. The van der Waals surface area contributed by atoms with Gasteiger partial charge in [-0.1, -0.05) is 13.0 Å². The first-order valence-corrected chi connectivity index (χ1v) is 6.39. The van der Waals surface area contributed by atoms with Gasteiger partial charge in [-0.3, -0.25) is 0 Å². The highest BCUT2D eigenvalue weighted by molar-refractivity contribution is 5.47. The van der Waals surface area contributed by atoms with Crippen LogP contribution in [-0.4, -0.2) is 49.7 Å². The molecule has 0 atom stereocenters. The van der Waals surface area contributed by atoms with Gasteiger partial charge in [-0.15, -0.1) is 0 Å². The summed E-state index contributed by atoms with van der Waals surface area (Å²) in [5, 5.41) is 3.38. The van der Waals surface area contributed by atoms with Crippen LogP contribution in [0.2, 0.25) is 0 Å². The Bertz CT molecular complexity index is 345. The van der Waals surface area contributed by atoms with Gasteiger partial charge in [-0.2, -0.15) is 0 Å². The van der Waals surface area contributed by atoms with Crippen molar-refractivity contribution < 1.29 is 0 Å². The average Bonchev–Trinajstić information content (AvgIpc) is 2.38. The maximum Gasteiger partial charge on any atom is 0.133 e. The minimum atomic E-state index is 0.909. The van der Waals surface area contributed by atoms with E-state index in [1.165, 1.54) is 5.56 Å². The summed E-state index contributed by atoms with van der Waals surface area (Å²) >= 11 is 0. The largest absolute Gasteiger partial charge is 0.354 e. The lowest BCUT2D eigenvalue weighted by Crippen LogP contribution is -2.45. The summed E-state index contributed by atoms with van der Waals surface area (Å²) < 4.78 is 0. The second-order valence-electron chi connectivity index (χ2n) is 4.56. The molecule has 0 bridgehead atoms. The monoisotopic (exact) mass is 234 g/mol. The molecule has 17 heavy (non-hydrogen) atoms. The minimum absolute atomic E-state index is 0.909. The van der Waals surface area contributed by atoms with E-state index in [1.54, 1.807) is 0 Å². The third-order valence-corrected chi connectivity index (χ3v) is 3.24. The molecular formula is C13H22N4. The van der Waals surface area contributed by atoms with Gasteiger partial charge in [0, 0.05) is 44.5 Å². The smallest absolute Gasteiger partial charge is 0.133 e. The van der Waals surface area contributed by atoms with Gasteiger partial charge in [0.2, 0.25) is 0 Å². The van der Waals surface area contributed by atoms with E-state index in [4.69, 9.17) is 0 Å². The highest BCUT2D eigenvalue weighted by Gasteiger charge is 2.17. The van der Waals surface area contributed by atoms with Crippen molar-refractivity contribution in [1.29, 1.82) is 0 Å². The molecule has 4 nitrogen and oxygen atoms in total. The fraction of sp³-hybridized carbons (Fsp3) is 0.615. The highest BCUT2D eigenvalue weighted by atomic mass is 15.3. The zero-order valence-corrected chi connectivity index (χ0v) is 10.8. The Hall–Kier alpha value is -1.13. The van der Waals surface area contributed by atoms with Gasteiger partial charge in [-0.25, -0.2) is 4.98 Å². The summed E-state index contributed by atoms with van der Waals surface area (Å²) in [6, 6.07) is 4.19. The molecule has 0 saturated carbocycles. The number of nitrogens with zero attached hydrogens (tertiary/aromatic N) is 3. The van der Waals surface area contributed by atoms with E-state index >= 15 is 0 Å². The van der Waals surface area contributed by atoms with Gasteiger partial charge >= 0.3 is 0 Å². The molecule has 1 aliphatic rings. The number of rotatable bonds is 4. The van der Waals surface area contributed by atoms with Crippen molar-refractivity contribution in [3.05, 3.63) is 23.9 Å². The lowest BCUT2D eigenvalue weighted by Gasteiger charge is -2.34. The molecule has 0 unspecified atom stereocenters. The predicted octanol–water partition coefficient (Wildman–Crippen LogP) is 0.943. The molecule has 1 N–H and O–H groups in total. The van der Waals surface area contributed by atoms with Crippen LogP contribution >= 0.6 is 0 Å². The number of nitrogens with one attached hydrogen (secondary N) is 1. The maximum atomic E-state index is 4.55. The molecule has 94 valence electrons. The van der Waals surface area contributed by atoms with Crippen LogP contribution in [-0.2, 0) is 6.54 Å². The van der Waals surface area contributed by atoms with E-state index in [0.717, 1.165) is 45.1 Å². The van der Waals surface area contributed by atoms with Gasteiger partial charge in [0.05, 0.1) is 0 Å². The normalized spacial score (nSPS) is 17.4. The fourth-order valence-electron chi connectivity index (χ4n) is 2.13. The van der Waals surface area contributed by atoms with E-state index < -0.39 is 0 Å². The molecule has 0 spiro atoms. The van der Waals surface area contributed by atoms with E-state index in [2.05, 4.69) is 40.1 Å². The van der Waals surface area contributed by atoms with Crippen molar-refractivity contribution in [2.75, 3.05) is 44.7 Å². The van der Waals surface area contributed by atoms with Crippen molar-refractivity contribution in [3.63, 3.8) is 0 Å². The number of hydrogen-bond donors (Lipinski definition) is 1. The molecule has 1 aliphatic heterocycles. The molecule has 2 rings (SSSR count). The Kier molecular flexibility index (Phi) is 4.34. The molecular weight excluding hydrogens is 212 g/mol. The number of aromatic nitrogens is 1. The van der Waals surface area contributed by atoms with Gasteiger partial charge in [0.25, 0.3) is 0 Å². The summed E-state index contributed by atoms with van der Waals surface area (Å²) in [5.74, 6) is 1.15. The molecule has 1 fully saturated rings. The zero-order chi connectivity index (χ0) is 12.1. The second kappa shape index (κ2) is 5.98. The molecule has 0 radical (unpaired) electrons. The van der Waals surface area contributed by atoms with E-state index in [9.17, 15) is 0 Å². The summed E-state index contributed by atoms with van der Waals surface area (Å²) in [7, 11) is 2.18. The second-order valence-corrected chi connectivity index (χ2v) is 4.56. The molecule has 2 heterocycles. The summed E-state index contributed by atoms with van der Waals surface area (Å²) in [4.78, 5) is 9.31. The van der Waals surface area contributed by atoms with E-state index in [0.29, 0.717) is 0 Å². The zero-order valence-electron chi connectivity index (χ0n) is 10.8. The maximum absolute atomic E-state index is 4.55. The molecule has 4 heteroatoms.